The average molecular weight is 472 g/mol. The molecule has 16 heteroatoms. The van der Waals surface area contributed by atoms with Gasteiger partial charge in [-0.2, -0.15) is 0 Å². The van der Waals surface area contributed by atoms with Gasteiger partial charge in [0.25, 0.3) is 0 Å². The fourth-order valence-electron chi connectivity index (χ4n) is 0.333. The summed E-state index contributed by atoms with van der Waals surface area (Å²) in [6, 6.07) is 0. The molecule has 0 atom stereocenters. The van der Waals surface area contributed by atoms with E-state index in [1.165, 1.54) is 13.1 Å². The molecule has 158 valence electrons. The van der Waals surface area contributed by atoms with Crippen molar-refractivity contribution >= 4 is 38.8 Å². The number of carboxylic acid groups (broad SMARTS) is 6. The number of nitrogens with two attached hydrogens (primary N) is 2. The fraction of sp³-hybridized carbons (Fsp3) is 0.400. The molecule has 0 heterocycles. The van der Waals surface area contributed by atoms with Crippen molar-refractivity contribution in [3.63, 3.8) is 0 Å². The summed E-state index contributed by atoms with van der Waals surface area (Å²) in [6.07, 6.45) is 0. The minimum absolute atomic E-state index is 0. The molecule has 0 saturated carbocycles. The van der Waals surface area contributed by atoms with E-state index in [1.54, 1.807) is 0 Å². The normalized spacial score (nSPS) is 4.85. The van der Waals surface area contributed by atoms with Crippen LogP contribution >= 0.6 is 0 Å². The first-order valence-corrected chi connectivity index (χ1v) is 5.30. The third kappa shape index (κ3) is 15500. The topological polar surface area (TPSA) is 274 Å². The van der Waals surface area contributed by atoms with Crippen LogP contribution in [0.1, 0.15) is 0 Å². The molecule has 0 aliphatic rings. The van der Waals surface area contributed by atoms with Crippen LogP contribution in [0.2, 0.25) is 0 Å². The fourth-order valence-corrected chi connectivity index (χ4v) is 0.333. The molecule has 0 aromatic carbocycles. The van der Waals surface area contributed by atoms with Crippen LogP contribution in [0.4, 0.5) is 0 Å². The molecule has 0 radical (unpaired) electrons. The van der Waals surface area contributed by atoms with E-state index in [0.29, 0.717) is 0 Å². The molecule has 14 nitrogen and oxygen atoms in total. The van der Waals surface area contributed by atoms with Gasteiger partial charge in [0.05, 0.1) is 14.1 Å². The molecule has 26 heavy (non-hydrogen) atoms. The third-order valence-corrected chi connectivity index (χ3v) is 0.744. The van der Waals surface area contributed by atoms with Gasteiger partial charge in [-0.25, -0.2) is 0 Å². The summed E-state index contributed by atoms with van der Waals surface area (Å²) in [5.74, 6) is 0. The first-order chi connectivity index (χ1) is 11.4. The van der Waals surface area contributed by atoms with Crippen molar-refractivity contribution in [3.8, 4) is 0 Å². The maximum Gasteiger partial charge on any atom is 2.00 e. The second kappa shape index (κ2) is 179. The molecule has 0 aliphatic heterocycles. The maximum absolute atomic E-state index is 8.25. The first kappa shape index (κ1) is 56.5. The van der Waals surface area contributed by atoms with Gasteiger partial charge in [-0.1, -0.05) is 0 Å². The van der Waals surface area contributed by atoms with E-state index >= 15 is 0 Å². The van der Waals surface area contributed by atoms with E-state index < -0.39 is 38.8 Å². The van der Waals surface area contributed by atoms with Crippen molar-refractivity contribution in [3.05, 3.63) is 0 Å². The molecule has 0 saturated heterocycles. The van der Waals surface area contributed by atoms with Crippen molar-refractivity contribution in [2.75, 3.05) is 27.2 Å². The molecule has 4 N–H and O–H groups in total. The van der Waals surface area contributed by atoms with Crippen LogP contribution in [0.15, 0.2) is 0 Å². The van der Waals surface area contributed by atoms with Gasteiger partial charge >= 0.3 is 34.1 Å². The van der Waals surface area contributed by atoms with Crippen molar-refractivity contribution in [2.45, 2.75) is 0 Å². The Hall–Kier alpha value is -2.22. The van der Waals surface area contributed by atoms with Crippen LogP contribution in [0.25, 0.3) is 0 Å². The largest absolute Gasteiger partial charge is 2.00 e. The maximum atomic E-state index is 8.25. The minimum atomic E-state index is -0.500. The summed E-state index contributed by atoms with van der Waals surface area (Å²) < 4.78 is 0. The van der Waals surface area contributed by atoms with Crippen molar-refractivity contribution in [1.29, 1.82) is 0 Å². The molecule has 0 aromatic heterocycles. The zero-order valence-electron chi connectivity index (χ0n) is 13.6. The molecule has 0 bridgehead atoms. The quantitative estimate of drug-likeness (QED) is 0.220. The van der Waals surface area contributed by atoms with E-state index in [9.17, 15) is 0 Å². The summed E-state index contributed by atoms with van der Waals surface area (Å²) in [7, 11) is 4.17. The summed E-state index contributed by atoms with van der Waals surface area (Å²) in [4.78, 5) is 49.5. The van der Waals surface area contributed by atoms with Crippen LogP contribution in [0.5, 0.6) is 0 Å². The number of hydrogen-bond donors (Lipinski definition) is 2. The van der Waals surface area contributed by atoms with E-state index in [1.807, 2.05) is 0 Å². The van der Waals surface area contributed by atoms with Crippen molar-refractivity contribution in [2.24, 2.45) is 0 Å². The number of rotatable bonds is 3. The van der Waals surface area contributed by atoms with Crippen LogP contribution in [0.3, 0.4) is 0 Å². The molecule has 0 fully saturated rings. The number of quaternary nitrogens is 2. The number of carbonyl (C=O) groups excluding carboxylic acids is 6. The monoisotopic (exact) mass is 472 g/mol. The second-order valence-electron chi connectivity index (χ2n) is 1.97. The molecule has 0 unspecified atom stereocenters. The zero-order valence-corrected chi connectivity index (χ0v) is 15.8. The standard InChI is InChI=1S/C4H12N2.6CH2O2.2Fe/c1-5-3-4-6-2;6*2-1-3;;/h5-6H,3-4H2,1-2H3;6*1H,(H,2,3);;/q;;;;;;;2*+2/p-4. The number of hydrogen-bond acceptors (Lipinski definition) is 12. The Morgan fingerprint density at radius 3 is 0.615 bits per heavy atom. The first-order valence-electron chi connectivity index (χ1n) is 5.30. The summed E-state index contributed by atoms with van der Waals surface area (Å²) in [5, 5.41) is 53.9. The summed E-state index contributed by atoms with van der Waals surface area (Å²) >= 11 is 0. The van der Waals surface area contributed by atoms with E-state index in [0.717, 1.165) is 0 Å². The van der Waals surface area contributed by atoms with Gasteiger partial charge in [0.15, 0.2) is 0 Å². The van der Waals surface area contributed by atoms with Gasteiger partial charge in [-0.3, -0.25) is 0 Å². The molecule has 0 aliphatic carbocycles. The van der Waals surface area contributed by atoms with Gasteiger partial charge in [-0.05, 0) is 0 Å². The van der Waals surface area contributed by atoms with Crippen LogP contribution in [0, 0.1) is 0 Å². The number of carbonyl (C=O) groups is 6. The SMILES string of the molecule is C[NH2+]CC[NH2+]C.O=C[O-].O=C[O-].O=C[O-].O=C[O-].O=C[O-].O=C[O-].[Fe+2].[Fe+2]. The van der Waals surface area contributed by atoms with Gasteiger partial charge in [0, 0.05) is 38.8 Å². The van der Waals surface area contributed by atoms with Crippen LogP contribution in [-0.2, 0) is 62.9 Å². The molecular weight excluding hydrogens is 452 g/mol. The van der Waals surface area contributed by atoms with Crippen molar-refractivity contribution in [1.82, 2.24) is 0 Å². The minimum Gasteiger partial charge on any atom is -0.554 e. The Morgan fingerprint density at radius 2 is 0.577 bits per heavy atom. The second-order valence-corrected chi connectivity index (χ2v) is 1.97. The molecule has 0 rings (SSSR count). The van der Waals surface area contributed by atoms with Crippen LogP contribution < -0.4 is 41.3 Å². The van der Waals surface area contributed by atoms with Crippen LogP contribution in [-0.4, -0.2) is 66.0 Å². The Kier molecular flexibility index (Phi) is 388. The zero-order chi connectivity index (χ0) is 21.1. The van der Waals surface area contributed by atoms with E-state index in [-0.39, 0.29) is 34.1 Å². The Bertz CT molecular complexity index is 176. The molecule has 0 spiro atoms. The average Bonchev–Trinajstić information content (AvgIpc) is 2.50. The van der Waals surface area contributed by atoms with Gasteiger partial charge in [0.2, 0.25) is 0 Å². The predicted octanol–water partition coefficient (Wildman–Crippen LogP) is -12.4. The van der Waals surface area contributed by atoms with Crippen molar-refractivity contribution < 1.29 is 104 Å². The number of likely N-dealkylation sites (N-methyl/N-ethyl adjacent to an activating group) is 2. The van der Waals surface area contributed by atoms with Gasteiger partial charge in [0.1, 0.15) is 13.1 Å². The summed E-state index contributed by atoms with van der Waals surface area (Å²) in [6.45, 7) is -0.535. The van der Waals surface area contributed by atoms with E-state index in [2.05, 4.69) is 24.7 Å². The molecule has 0 amide bonds. The molecule has 0 aromatic rings. The Balaban J connectivity index is -0.0000000187. The Morgan fingerprint density at radius 1 is 0.500 bits per heavy atom. The van der Waals surface area contributed by atoms with Gasteiger partial charge < -0.3 is 70.0 Å². The summed E-state index contributed by atoms with van der Waals surface area (Å²) in [5.41, 5.74) is 0. The third-order valence-electron chi connectivity index (χ3n) is 0.744. The predicted molar refractivity (Wildman–Crippen MR) is 61.8 cm³/mol. The Labute approximate surface area is 170 Å². The van der Waals surface area contributed by atoms with E-state index in [4.69, 9.17) is 59.4 Å². The molecular formula is C10H20Fe2N2O12. The van der Waals surface area contributed by atoms with Gasteiger partial charge in [-0.15, -0.1) is 0 Å². The smallest absolute Gasteiger partial charge is 0.554 e.